The lowest BCUT2D eigenvalue weighted by atomic mass is 9.99. The van der Waals surface area contributed by atoms with E-state index in [-0.39, 0.29) is 18.2 Å². The standard InChI is InChI=1S/C17H25NO3/c1-4-6-11-18-15(12-16(19)21-3)17(20)14-9-7-13(5-2)8-10-14/h7-10,15,18H,4-6,11-12H2,1-3H3. The molecular formula is C17H25NO3. The highest BCUT2D eigenvalue weighted by Crippen LogP contribution is 2.10. The van der Waals surface area contributed by atoms with Gasteiger partial charge >= 0.3 is 5.97 Å². The van der Waals surface area contributed by atoms with E-state index >= 15 is 0 Å². The van der Waals surface area contributed by atoms with Crippen molar-refractivity contribution in [2.75, 3.05) is 13.7 Å². The van der Waals surface area contributed by atoms with E-state index in [0.29, 0.717) is 5.56 Å². The van der Waals surface area contributed by atoms with Crippen LogP contribution in [0, 0.1) is 0 Å². The third-order valence-corrected chi connectivity index (χ3v) is 3.48. The van der Waals surface area contributed by atoms with Gasteiger partial charge in [-0.2, -0.15) is 0 Å². The molecule has 1 aromatic carbocycles. The third kappa shape index (κ3) is 5.68. The molecule has 1 rings (SSSR count). The lowest BCUT2D eigenvalue weighted by molar-refractivity contribution is -0.140. The van der Waals surface area contributed by atoms with Crippen LogP contribution in [0.3, 0.4) is 0 Å². The first kappa shape index (κ1) is 17.4. The van der Waals surface area contributed by atoms with Gasteiger partial charge in [0.05, 0.1) is 19.6 Å². The van der Waals surface area contributed by atoms with Crippen LogP contribution < -0.4 is 5.32 Å². The summed E-state index contributed by atoms with van der Waals surface area (Å²) in [6.07, 6.45) is 3.01. The van der Waals surface area contributed by atoms with Crippen LogP contribution in [0.2, 0.25) is 0 Å². The number of hydrogen-bond donors (Lipinski definition) is 1. The average Bonchev–Trinajstić information content (AvgIpc) is 2.53. The largest absolute Gasteiger partial charge is 0.469 e. The number of ketones is 1. The molecule has 0 bridgehead atoms. The number of ether oxygens (including phenoxy) is 1. The summed E-state index contributed by atoms with van der Waals surface area (Å²) in [6.45, 7) is 4.88. The van der Waals surface area contributed by atoms with E-state index in [2.05, 4.69) is 23.9 Å². The molecule has 0 aliphatic carbocycles. The summed E-state index contributed by atoms with van der Waals surface area (Å²) >= 11 is 0. The molecule has 1 N–H and O–H groups in total. The fourth-order valence-electron chi connectivity index (χ4n) is 2.07. The smallest absolute Gasteiger partial charge is 0.307 e. The molecule has 0 spiro atoms. The predicted molar refractivity (Wildman–Crippen MR) is 83.5 cm³/mol. The minimum absolute atomic E-state index is 0.0563. The van der Waals surface area contributed by atoms with Crippen molar-refractivity contribution in [3.63, 3.8) is 0 Å². The van der Waals surface area contributed by atoms with Gasteiger partial charge in [-0.05, 0) is 24.9 Å². The van der Waals surface area contributed by atoms with Gasteiger partial charge in [0.25, 0.3) is 0 Å². The van der Waals surface area contributed by atoms with Crippen molar-refractivity contribution in [1.82, 2.24) is 5.32 Å². The van der Waals surface area contributed by atoms with Crippen molar-refractivity contribution < 1.29 is 14.3 Å². The Morgan fingerprint density at radius 2 is 1.86 bits per heavy atom. The average molecular weight is 291 g/mol. The number of methoxy groups -OCH3 is 1. The van der Waals surface area contributed by atoms with Crippen LogP contribution in [0.1, 0.15) is 49.0 Å². The molecule has 21 heavy (non-hydrogen) atoms. The summed E-state index contributed by atoms with van der Waals surface area (Å²) in [5.41, 5.74) is 1.82. The lowest BCUT2D eigenvalue weighted by Gasteiger charge is -2.16. The molecule has 1 aromatic rings. The highest BCUT2D eigenvalue weighted by atomic mass is 16.5. The molecule has 1 unspecified atom stereocenters. The van der Waals surface area contributed by atoms with E-state index in [9.17, 15) is 9.59 Å². The summed E-state index contributed by atoms with van der Waals surface area (Å²) < 4.78 is 4.68. The fraction of sp³-hybridized carbons (Fsp3) is 0.529. The number of carbonyl (C=O) groups excluding carboxylic acids is 2. The van der Waals surface area contributed by atoms with Gasteiger partial charge in [-0.25, -0.2) is 0 Å². The number of carbonyl (C=O) groups is 2. The molecule has 0 aliphatic rings. The van der Waals surface area contributed by atoms with Gasteiger partial charge in [-0.1, -0.05) is 44.5 Å². The van der Waals surface area contributed by atoms with E-state index < -0.39 is 6.04 Å². The summed E-state index contributed by atoms with van der Waals surface area (Å²) in [5, 5.41) is 3.16. The number of hydrogen-bond acceptors (Lipinski definition) is 4. The number of unbranched alkanes of at least 4 members (excludes halogenated alkanes) is 1. The molecule has 116 valence electrons. The molecule has 0 heterocycles. The Morgan fingerprint density at radius 3 is 2.38 bits per heavy atom. The van der Waals surface area contributed by atoms with E-state index in [1.165, 1.54) is 12.7 Å². The van der Waals surface area contributed by atoms with Crippen LogP contribution in [-0.2, 0) is 16.0 Å². The summed E-state index contributed by atoms with van der Waals surface area (Å²) in [4.78, 5) is 24.0. The monoisotopic (exact) mass is 291 g/mol. The SMILES string of the molecule is CCCCNC(CC(=O)OC)C(=O)c1ccc(CC)cc1. The van der Waals surface area contributed by atoms with E-state index in [1.807, 2.05) is 24.3 Å². The van der Waals surface area contributed by atoms with Crippen LogP contribution in [0.15, 0.2) is 24.3 Å². The Labute approximate surface area is 126 Å². The van der Waals surface area contributed by atoms with Crippen LogP contribution in [0.4, 0.5) is 0 Å². The molecule has 0 saturated heterocycles. The molecule has 0 aliphatic heterocycles. The number of rotatable bonds is 9. The molecular weight excluding hydrogens is 266 g/mol. The van der Waals surface area contributed by atoms with Gasteiger partial charge in [-0.15, -0.1) is 0 Å². The molecule has 0 fully saturated rings. The molecule has 0 aromatic heterocycles. The maximum absolute atomic E-state index is 12.5. The minimum Gasteiger partial charge on any atom is -0.469 e. The van der Waals surface area contributed by atoms with Gasteiger partial charge in [-0.3, -0.25) is 9.59 Å². The quantitative estimate of drug-likeness (QED) is 0.432. The molecule has 0 saturated carbocycles. The second kappa shape index (κ2) is 9.29. The summed E-state index contributed by atoms with van der Waals surface area (Å²) in [6, 6.07) is 7.04. The number of Topliss-reactive ketones (excluding diaryl/α,β-unsaturated/α-hetero) is 1. The zero-order valence-corrected chi connectivity index (χ0v) is 13.1. The van der Waals surface area contributed by atoms with Crippen molar-refractivity contribution in [2.24, 2.45) is 0 Å². The first-order valence-corrected chi connectivity index (χ1v) is 7.55. The molecule has 4 heteroatoms. The van der Waals surface area contributed by atoms with Crippen molar-refractivity contribution >= 4 is 11.8 Å². The van der Waals surface area contributed by atoms with Gasteiger partial charge in [0, 0.05) is 5.56 Å². The van der Waals surface area contributed by atoms with Crippen molar-refractivity contribution in [1.29, 1.82) is 0 Å². The van der Waals surface area contributed by atoms with Gasteiger partial charge < -0.3 is 10.1 Å². The minimum atomic E-state index is -0.517. The highest BCUT2D eigenvalue weighted by Gasteiger charge is 2.22. The molecule has 1 atom stereocenters. The topological polar surface area (TPSA) is 55.4 Å². The Kier molecular flexibility index (Phi) is 7.69. The lowest BCUT2D eigenvalue weighted by Crippen LogP contribution is -2.39. The first-order valence-electron chi connectivity index (χ1n) is 7.55. The number of benzene rings is 1. The second-order valence-electron chi connectivity index (χ2n) is 5.06. The fourth-order valence-corrected chi connectivity index (χ4v) is 2.07. The highest BCUT2D eigenvalue weighted by molar-refractivity contribution is 6.01. The molecule has 4 nitrogen and oxygen atoms in total. The van der Waals surface area contributed by atoms with Crippen LogP contribution in [-0.4, -0.2) is 31.4 Å². The predicted octanol–water partition coefficient (Wildman–Crippen LogP) is 2.75. The Morgan fingerprint density at radius 1 is 1.19 bits per heavy atom. The van der Waals surface area contributed by atoms with E-state index in [1.54, 1.807) is 0 Å². The Hall–Kier alpha value is -1.68. The molecule has 0 amide bonds. The van der Waals surface area contributed by atoms with Gasteiger partial charge in [0.15, 0.2) is 5.78 Å². The normalized spacial score (nSPS) is 12.0. The summed E-state index contributed by atoms with van der Waals surface area (Å²) in [7, 11) is 1.34. The second-order valence-corrected chi connectivity index (χ2v) is 5.06. The number of nitrogens with one attached hydrogen (secondary N) is 1. The van der Waals surface area contributed by atoms with Crippen molar-refractivity contribution in [3.8, 4) is 0 Å². The number of esters is 1. The first-order chi connectivity index (χ1) is 10.1. The van der Waals surface area contributed by atoms with Gasteiger partial charge in [0.2, 0.25) is 0 Å². The van der Waals surface area contributed by atoms with Crippen LogP contribution in [0.5, 0.6) is 0 Å². The maximum atomic E-state index is 12.5. The zero-order chi connectivity index (χ0) is 15.7. The van der Waals surface area contributed by atoms with Gasteiger partial charge in [0.1, 0.15) is 0 Å². The van der Waals surface area contributed by atoms with Crippen LogP contribution in [0.25, 0.3) is 0 Å². The summed E-state index contributed by atoms with van der Waals surface area (Å²) in [5.74, 6) is -0.429. The third-order valence-electron chi connectivity index (χ3n) is 3.48. The van der Waals surface area contributed by atoms with E-state index in [4.69, 9.17) is 0 Å². The number of aryl methyl sites for hydroxylation is 1. The Balaban J connectivity index is 2.78. The maximum Gasteiger partial charge on any atom is 0.307 e. The van der Waals surface area contributed by atoms with E-state index in [0.717, 1.165) is 25.8 Å². The Bertz CT molecular complexity index is 454. The molecule has 0 radical (unpaired) electrons. The van der Waals surface area contributed by atoms with Crippen LogP contribution >= 0.6 is 0 Å². The van der Waals surface area contributed by atoms with Crippen molar-refractivity contribution in [2.45, 2.75) is 45.6 Å². The van der Waals surface area contributed by atoms with Crippen molar-refractivity contribution in [3.05, 3.63) is 35.4 Å². The zero-order valence-electron chi connectivity index (χ0n) is 13.1.